The summed E-state index contributed by atoms with van der Waals surface area (Å²) in [6, 6.07) is 9.29. The molecule has 0 fully saturated rings. The van der Waals surface area contributed by atoms with E-state index in [4.69, 9.17) is 16.3 Å². The molecule has 2 aromatic rings. The number of alkyl halides is 3. The Morgan fingerprint density at radius 2 is 1.96 bits per heavy atom. The summed E-state index contributed by atoms with van der Waals surface area (Å²) in [4.78, 5) is 12.1. The molecule has 2 aromatic carbocycles. The van der Waals surface area contributed by atoms with Gasteiger partial charge in [0.1, 0.15) is 5.75 Å². The zero-order chi connectivity index (χ0) is 17.0. The van der Waals surface area contributed by atoms with Gasteiger partial charge in [-0.3, -0.25) is 4.79 Å². The minimum Gasteiger partial charge on any atom is -0.496 e. The molecule has 0 radical (unpaired) electrons. The number of ether oxygens (including phenoxy) is 1. The summed E-state index contributed by atoms with van der Waals surface area (Å²) >= 11 is 5.82. The summed E-state index contributed by atoms with van der Waals surface area (Å²) in [5, 5.41) is 2.97. The van der Waals surface area contributed by atoms with E-state index in [1.807, 2.05) is 0 Å². The van der Waals surface area contributed by atoms with E-state index in [0.717, 1.165) is 12.1 Å². The maximum atomic E-state index is 12.7. The number of methoxy groups -OCH3 is 1. The molecule has 0 bridgehead atoms. The van der Waals surface area contributed by atoms with Crippen LogP contribution in [0, 0.1) is 0 Å². The summed E-state index contributed by atoms with van der Waals surface area (Å²) in [5.74, 6) is -0.171. The summed E-state index contributed by atoms with van der Waals surface area (Å²) in [6.07, 6.45) is -4.42. The molecule has 1 amide bonds. The van der Waals surface area contributed by atoms with Crippen molar-refractivity contribution in [1.82, 2.24) is 5.32 Å². The molecule has 0 heterocycles. The zero-order valence-corrected chi connectivity index (χ0v) is 12.8. The second-order valence-electron chi connectivity index (χ2n) is 4.73. The number of halogens is 4. The van der Waals surface area contributed by atoms with Crippen LogP contribution >= 0.6 is 11.6 Å². The van der Waals surface area contributed by atoms with Gasteiger partial charge in [0.15, 0.2) is 0 Å². The standard InChI is InChI=1S/C16H13ClF3NO2/c1-23-14-8-12(17)5-6-13(14)15(22)21-9-10-3-2-4-11(7-10)16(18,19)20/h2-8H,9H2,1H3,(H,21,22). The van der Waals surface area contributed by atoms with Crippen LogP contribution in [-0.4, -0.2) is 13.0 Å². The maximum absolute atomic E-state index is 12.7. The summed E-state index contributed by atoms with van der Waals surface area (Å²) < 4.78 is 43.0. The topological polar surface area (TPSA) is 38.3 Å². The lowest BCUT2D eigenvalue weighted by Crippen LogP contribution is -2.23. The predicted octanol–water partition coefficient (Wildman–Crippen LogP) is 4.30. The molecule has 7 heteroatoms. The fraction of sp³-hybridized carbons (Fsp3) is 0.188. The van der Waals surface area contributed by atoms with Crippen molar-refractivity contribution in [3.8, 4) is 5.75 Å². The van der Waals surface area contributed by atoms with Gasteiger partial charge in [0.2, 0.25) is 0 Å². The molecule has 0 aromatic heterocycles. The first-order chi connectivity index (χ1) is 10.8. The smallest absolute Gasteiger partial charge is 0.416 e. The van der Waals surface area contributed by atoms with Crippen molar-refractivity contribution < 1.29 is 22.7 Å². The van der Waals surface area contributed by atoms with Gasteiger partial charge >= 0.3 is 6.18 Å². The van der Waals surface area contributed by atoms with Crippen molar-refractivity contribution in [1.29, 1.82) is 0 Å². The molecule has 0 unspecified atom stereocenters. The first kappa shape index (κ1) is 17.1. The number of carbonyl (C=O) groups excluding carboxylic acids is 1. The number of hydrogen-bond acceptors (Lipinski definition) is 2. The monoisotopic (exact) mass is 343 g/mol. The van der Waals surface area contributed by atoms with Gasteiger partial charge in [0.05, 0.1) is 18.2 Å². The lowest BCUT2D eigenvalue weighted by molar-refractivity contribution is -0.137. The molecule has 0 aliphatic carbocycles. The van der Waals surface area contributed by atoms with E-state index in [-0.39, 0.29) is 12.1 Å². The third-order valence-corrected chi connectivity index (χ3v) is 3.35. The molecule has 1 N–H and O–H groups in total. The van der Waals surface area contributed by atoms with Gasteiger partial charge in [-0.25, -0.2) is 0 Å². The van der Waals surface area contributed by atoms with Crippen molar-refractivity contribution >= 4 is 17.5 Å². The van der Waals surface area contributed by atoms with Crippen LogP contribution in [0.1, 0.15) is 21.5 Å². The Morgan fingerprint density at radius 1 is 1.22 bits per heavy atom. The van der Waals surface area contributed by atoms with Gasteiger partial charge in [-0.05, 0) is 35.9 Å². The van der Waals surface area contributed by atoms with E-state index in [0.29, 0.717) is 16.3 Å². The molecule has 2 rings (SSSR count). The highest BCUT2D eigenvalue weighted by Gasteiger charge is 2.30. The van der Waals surface area contributed by atoms with Crippen LogP contribution in [0.3, 0.4) is 0 Å². The van der Waals surface area contributed by atoms with E-state index < -0.39 is 17.6 Å². The summed E-state index contributed by atoms with van der Waals surface area (Å²) in [5.41, 5.74) is -0.154. The van der Waals surface area contributed by atoms with Crippen LogP contribution in [0.4, 0.5) is 13.2 Å². The maximum Gasteiger partial charge on any atom is 0.416 e. The van der Waals surface area contributed by atoms with Crippen molar-refractivity contribution in [3.63, 3.8) is 0 Å². The van der Waals surface area contributed by atoms with Crippen molar-refractivity contribution in [2.24, 2.45) is 0 Å². The summed E-state index contributed by atoms with van der Waals surface area (Å²) in [6.45, 7) is -0.0332. The lowest BCUT2D eigenvalue weighted by Gasteiger charge is -2.11. The molecule has 0 saturated heterocycles. The molecule has 0 atom stereocenters. The van der Waals surface area contributed by atoms with Crippen LogP contribution in [0.15, 0.2) is 42.5 Å². The molecular weight excluding hydrogens is 331 g/mol. The average molecular weight is 344 g/mol. The minimum absolute atomic E-state index is 0.0332. The molecule has 0 saturated carbocycles. The van der Waals surface area contributed by atoms with E-state index in [1.165, 1.54) is 37.4 Å². The fourth-order valence-corrected chi connectivity index (χ4v) is 2.15. The van der Waals surface area contributed by atoms with Gasteiger partial charge in [0, 0.05) is 11.6 Å². The van der Waals surface area contributed by atoms with Crippen LogP contribution in [0.25, 0.3) is 0 Å². The molecule has 0 spiro atoms. The second kappa shape index (κ2) is 6.91. The van der Waals surface area contributed by atoms with Crippen molar-refractivity contribution in [3.05, 3.63) is 64.2 Å². The number of carbonyl (C=O) groups is 1. The Labute approximate surface area is 136 Å². The Bertz CT molecular complexity index is 717. The van der Waals surface area contributed by atoms with Gasteiger partial charge in [0.25, 0.3) is 5.91 Å². The van der Waals surface area contributed by atoms with Crippen molar-refractivity contribution in [2.75, 3.05) is 7.11 Å². The van der Waals surface area contributed by atoms with Gasteiger partial charge in [-0.1, -0.05) is 23.7 Å². The van der Waals surface area contributed by atoms with E-state index in [9.17, 15) is 18.0 Å². The Balaban J connectivity index is 2.11. The first-order valence-electron chi connectivity index (χ1n) is 6.59. The molecule has 23 heavy (non-hydrogen) atoms. The Morgan fingerprint density at radius 3 is 2.61 bits per heavy atom. The van der Waals surface area contributed by atoms with Crippen LogP contribution in [-0.2, 0) is 12.7 Å². The number of benzene rings is 2. The number of nitrogens with one attached hydrogen (secondary N) is 1. The second-order valence-corrected chi connectivity index (χ2v) is 5.16. The van der Waals surface area contributed by atoms with Gasteiger partial charge in [-0.15, -0.1) is 0 Å². The number of hydrogen-bond donors (Lipinski definition) is 1. The highest BCUT2D eigenvalue weighted by atomic mass is 35.5. The SMILES string of the molecule is COc1cc(Cl)ccc1C(=O)NCc1cccc(C(F)(F)F)c1. The minimum atomic E-state index is -4.42. The highest BCUT2D eigenvalue weighted by Crippen LogP contribution is 2.29. The first-order valence-corrected chi connectivity index (χ1v) is 6.97. The third kappa shape index (κ3) is 4.39. The molecular formula is C16H13ClF3NO2. The summed E-state index contributed by atoms with van der Waals surface area (Å²) in [7, 11) is 1.40. The third-order valence-electron chi connectivity index (χ3n) is 3.12. The predicted molar refractivity (Wildman–Crippen MR) is 80.6 cm³/mol. The number of amides is 1. The quantitative estimate of drug-likeness (QED) is 0.899. The van der Waals surface area contributed by atoms with Crippen LogP contribution < -0.4 is 10.1 Å². The molecule has 122 valence electrons. The Hall–Kier alpha value is -2.21. The largest absolute Gasteiger partial charge is 0.496 e. The van der Waals surface area contributed by atoms with Gasteiger partial charge < -0.3 is 10.1 Å². The highest BCUT2D eigenvalue weighted by molar-refractivity contribution is 6.30. The fourth-order valence-electron chi connectivity index (χ4n) is 1.99. The van der Waals surface area contributed by atoms with Crippen LogP contribution in [0.5, 0.6) is 5.75 Å². The zero-order valence-electron chi connectivity index (χ0n) is 12.1. The van der Waals surface area contributed by atoms with Crippen molar-refractivity contribution in [2.45, 2.75) is 12.7 Å². The van der Waals surface area contributed by atoms with Gasteiger partial charge in [-0.2, -0.15) is 13.2 Å². The molecule has 0 aliphatic heterocycles. The Kier molecular flexibility index (Phi) is 5.15. The normalized spacial score (nSPS) is 11.2. The number of rotatable bonds is 4. The molecule has 3 nitrogen and oxygen atoms in total. The van der Waals surface area contributed by atoms with E-state index >= 15 is 0 Å². The molecule has 0 aliphatic rings. The lowest BCUT2D eigenvalue weighted by atomic mass is 10.1. The average Bonchev–Trinajstić information content (AvgIpc) is 2.52. The van der Waals surface area contributed by atoms with E-state index in [2.05, 4.69) is 5.32 Å². The van der Waals surface area contributed by atoms with Crippen LogP contribution in [0.2, 0.25) is 5.02 Å². The van der Waals surface area contributed by atoms with E-state index in [1.54, 1.807) is 0 Å².